The first-order valence-corrected chi connectivity index (χ1v) is 5.29. The van der Waals surface area contributed by atoms with Crippen molar-refractivity contribution >= 4 is 0 Å². The van der Waals surface area contributed by atoms with E-state index in [9.17, 15) is 0 Å². The predicted octanol–water partition coefficient (Wildman–Crippen LogP) is 1.37. The molecule has 0 saturated heterocycles. The van der Waals surface area contributed by atoms with Crippen molar-refractivity contribution in [3.63, 3.8) is 0 Å². The van der Waals surface area contributed by atoms with E-state index in [4.69, 9.17) is 5.73 Å². The lowest BCUT2D eigenvalue weighted by molar-refractivity contribution is 0.491. The highest BCUT2D eigenvalue weighted by atomic mass is 15.1. The Morgan fingerprint density at radius 2 is 2.00 bits per heavy atom. The van der Waals surface area contributed by atoms with Gasteiger partial charge in [0, 0.05) is 17.8 Å². The molecule has 84 valence electrons. The smallest absolute Gasteiger partial charge is 0.0544 e. The van der Waals surface area contributed by atoms with Crippen LogP contribution in [0.5, 0.6) is 0 Å². The van der Waals surface area contributed by atoms with E-state index in [1.165, 1.54) is 0 Å². The normalized spacial score (nSPS) is 14.6. The van der Waals surface area contributed by atoms with Gasteiger partial charge in [0.1, 0.15) is 0 Å². The average molecular weight is 216 g/mol. The number of aromatic nitrogens is 2. The van der Waals surface area contributed by atoms with E-state index in [0.717, 1.165) is 11.1 Å². The number of hydrogen-bond acceptors (Lipinski definition) is 3. The fraction of sp³-hybridized carbons (Fsp3) is 0.250. The van der Waals surface area contributed by atoms with Crippen LogP contribution in [0, 0.1) is 0 Å². The van der Waals surface area contributed by atoms with Crippen molar-refractivity contribution < 1.29 is 0 Å². The molecular weight excluding hydrogens is 200 g/mol. The van der Waals surface area contributed by atoms with Gasteiger partial charge >= 0.3 is 0 Å². The van der Waals surface area contributed by atoms with Crippen molar-refractivity contribution in [1.29, 1.82) is 0 Å². The van der Waals surface area contributed by atoms with Crippen LogP contribution in [-0.4, -0.2) is 17.2 Å². The molecule has 0 bridgehead atoms. The van der Waals surface area contributed by atoms with E-state index in [0.29, 0.717) is 0 Å². The van der Waals surface area contributed by atoms with Gasteiger partial charge in [0.2, 0.25) is 0 Å². The number of hydrogen-bond donors (Lipinski definition) is 3. The molecule has 4 nitrogen and oxygen atoms in total. The average Bonchev–Trinajstić information content (AvgIpc) is 2.85. The standard InChI is InChI=1S/C12H16N4/c1-14-12(10-7-15-16-8-10)11(13)9-5-3-2-4-6-9/h2-8,11-12,14H,13H2,1H3,(H,15,16). The van der Waals surface area contributed by atoms with Gasteiger partial charge in [-0.3, -0.25) is 5.10 Å². The number of nitrogens with two attached hydrogens (primary N) is 1. The summed E-state index contributed by atoms with van der Waals surface area (Å²) in [5, 5.41) is 9.97. The van der Waals surface area contributed by atoms with Gasteiger partial charge in [0.25, 0.3) is 0 Å². The highest BCUT2D eigenvalue weighted by molar-refractivity contribution is 5.24. The third-order valence-corrected chi connectivity index (χ3v) is 2.73. The summed E-state index contributed by atoms with van der Waals surface area (Å²) in [5.74, 6) is 0. The molecule has 0 fully saturated rings. The topological polar surface area (TPSA) is 66.7 Å². The molecule has 0 aliphatic heterocycles. The fourth-order valence-corrected chi connectivity index (χ4v) is 1.85. The minimum atomic E-state index is -0.0798. The minimum absolute atomic E-state index is 0.0705. The first-order valence-electron chi connectivity index (χ1n) is 5.29. The Bertz CT molecular complexity index is 410. The van der Waals surface area contributed by atoms with Crippen LogP contribution in [0.1, 0.15) is 23.2 Å². The van der Waals surface area contributed by atoms with E-state index < -0.39 is 0 Å². The van der Waals surface area contributed by atoms with E-state index in [-0.39, 0.29) is 12.1 Å². The number of nitrogens with zero attached hydrogens (tertiary/aromatic N) is 1. The van der Waals surface area contributed by atoms with Gasteiger partial charge in [-0.1, -0.05) is 30.3 Å². The third-order valence-electron chi connectivity index (χ3n) is 2.73. The maximum atomic E-state index is 6.24. The lowest BCUT2D eigenvalue weighted by Crippen LogP contribution is -2.29. The molecule has 0 aliphatic rings. The molecule has 1 heterocycles. The summed E-state index contributed by atoms with van der Waals surface area (Å²) < 4.78 is 0. The SMILES string of the molecule is CNC(c1cn[nH]c1)C(N)c1ccccc1. The minimum Gasteiger partial charge on any atom is -0.322 e. The number of aromatic amines is 1. The maximum absolute atomic E-state index is 6.24. The summed E-state index contributed by atoms with van der Waals surface area (Å²) >= 11 is 0. The Labute approximate surface area is 94.9 Å². The van der Waals surface area contributed by atoms with Gasteiger partial charge in [0.15, 0.2) is 0 Å². The number of likely N-dealkylation sites (N-methyl/N-ethyl adjacent to an activating group) is 1. The van der Waals surface area contributed by atoms with Crippen molar-refractivity contribution in [1.82, 2.24) is 15.5 Å². The molecule has 1 aromatic heterocycles. The molecule has 2 aromatic rings. The fourth-order valence-electron chi connectivity index (χ4n) is 1.85. The molecule has 1 aromatic carbocycles. The van der Waals surface area contributed by atoms with Crippen LogP contribution in [0.4, 0.5) is 0 Å². The summed E-state index contributed by atoms with van der Waals surface area (Å²) in [7, 11) is 1.90. The van der Waals surface area contributed by atoms with Crippen molar-refractivity contribution in [2.45, 2.75) is 12.1 Å². The third kappa shape index (κ3) is 2.13. The lowest BCUT2D eigenvalue weighted by Gasteiger charge is -2.22. The van der Waals surface area contributed by atoms with E-state index in [2.05, 4.69) is 15.5 Å². The molecule has 0 aliphatic carbocycles. The summed E-state index contributed by atoms with van der Waals surface area (Å²) in [6.07, 6.45) is 3.66. The zero-order valence-electron chi connectivity index (χ0n) is 9.22. The summed E-state index contributed by atoms with van der Waals surface area (Å²) in [5.41, 5.74) is 8.42. The lowest BCUT2D eigenvalue weighted by atomic mass is 9.96. The Hall–Kier alpha value is -1.65. The van der Waals surface area contributed by atoms with Crippen LogP contribution < -0.4 is 11.1 Å². The van der Waals surface area contributed by atoms with E-state index >= 15 is 0 Å². The molecular formula is C12H16N4. The van der Waals surface area contributed by atoms with Crippen LogP contribution >= 0.6 is 0 Å². The van der Waals surface area contributed by atoms with Crippen LogP contribution in [0.25, 0.3) is 0 Å². The number of benzene rings is 1. The van der Waals surface area contributed by atoms with Gasteiger partial charge in [-0.05, 0) is 12.6 Å². The van der Waals surface area contributed by atoms with Crippen LogP contribution in [0.15, 0.2) is 42.7 Å². The van der Waals surface area contributed by atoms with Gasteiger partial charge in [-0.25, -0.2) is 0 Å². The molecule has 0 amide bonds. The van der Waals surface area contributed by atoms with Crippen LogP contribution in [0.3, 0.4) is 0 Å². The molecule has 2 unspecified atom stereocenters. The second-order valence-corrected chi connectivity index (χ2v) is 3.73. The maximum Gasteiger partial charge on any atom is 0.0544 e. The molecule has 2 rings (SSSR count). The zero-order chi connectivity index (χ0) is 11.4. The number of H-pyrrole nitrogens is 1. The Morgan fingerprint density at radius 3 is 2.56 bits per heavy atom. The van der Waals surface area contributed by atoms with Gasteiger partial charge in [-0.15, -0.1) is 0 Å². The van der Waals surface area contributed by atoms with Crippen molar-refractivity contribution in [2.24, 2.45) is 5.73 Å². The quantitative estimate of drug-likeness (QED) is 0.723. The molecule has 4 N–H and O–H groups in total. The molecule has 0 saturated carbocycles. The highest BCUT2D eigenvalue weighted by Crippen LogP contribution is 2.25. The second kappa shape index (κ2) is 4.92. The molecule has 2 atom stereocenters. The number of nitrogens with one attached hydrogen (secondary N) is 2. The molecule has 16 heavy (non-hydrogen) atoms. The summed E-state index contributed by atoms with van der Waals surface area (Å²) in [6, 6.07) is 10.0. The van der Waals surface area contributed by atoms with E-state index in [1.807, 2.05) is 43.6 Å². The highest BCUT2D eigenvalue weighted by Gasteiger charge is 2.20. The molecule has 0 spiro atoms. The van der Waals surface area contributed by atoms with Crippen molar-refractivity contribution in [3.05, 3.63) is 53.9 Å². The van der Waals surface area contributed by atoms with Gasteiger partial charge in [-0.2, -0.15) is 5.10 Å². The predicted molar refractivity (Wildman–Crippen MR) is 63.8 cm³/mol. The van der Waals surface area contributed by atoms with Crippen LogP contribution in [0.2, 0.25) is 0 Å². The molecule has 0 radical (unpaired) electrons. The van der Waals surface area contributed by atoms with Crippen molar-refractivity contribution in [3.8, 4) is 0 Å². The Balaban J connectivity index is 2.23. The largest absolute Gasteiger partial charge is 0.322 e. The second-order valence-electron chi connectivity index (χ2n) is 3.73. The summed E-state index contributed by atoms with van der Waals surface area (Å²) in [4.78, 5) is 0. The first-order chi connectivity index (χ1) is 7.83. The zero-order valence-corrected chi connectivity index (χ0v) is 9.22. The van der Waals surface area contributed by atoms with Gasteiger partial charge in [0.05, 0.1) is 12.2 Å². The van der Waals surface area contributed by atoms with E-state index in [1.54, 1.807) is 6.20 Å². The number of rotatable bonds is 4. The Kier molecular flexibility index (Phi) is 3.34. The monoisotopic (exact) mass is 216 g/mol. The Morgan fingerprint density at radius 1 is 1.25 bits per heavy atom. The van der Waals surface area contributed by atoms with Gasteiger partial charge < -0.3 is 11.1 Å². The molecule has 4 heteroatoms. The van der Waals surface area contributed by atoms with Crippen LogP contribution in [-0.2, 0) is 0 Å². The first kappa shape index (κ1) is 10.9. The van der Waals surface area contributed by atoms with Crippen molar-refractivity contribution in [2.75, 3.05) is 7.05 Å². The summed E-state index contributed by atoms with van der Waals surface area (Å²) in [6.45, 7) is 0.